The van der Waals surface area contributed by atoms with Gasteiger partial charge >= 0.3 is 6.18 Å². The molecule has 0 saturated heterocycles. The second kappa shape index (κ2) is 9.47. The number of benzene rings is 1. The zero-order valence-corrected chi connectivity index (χ0v) is 18.7. The van der Waals surface area contributed by atoms with Gasteiger partial charge in [0.2, 0.25) is 5.60 Å². The summed E-state index contributed by atoms with van der Waals surface area (Å²) in [5, 5.41) is 13.9. The third-order valence-corrected chi connectivity index (χ3v) is 6.04. The van der Waals surface area contributed by atoms with Crippen molar-refractivity contribution in [3.8, 4) is 5.75 Å². The fourth-order valence-electron chi connectivity index (χ4n) is 2.98. The van der Waals surface area contributed by atoms with Gasteiger partial charge in [0.1, 0.15) is 28.1 Å². The first-order chi connectivity index (χ1) is 15.0. The number of hydrogen-bond acceptors (Lipinski definition) is 6. The predicted octanol–water partition coefficient (Wildman–Crippen LogP) is 3.99. The standard InChI is InChI=1S/C20H20ClF3N4O3S/c1-12-16(32-15(27-12)11-31-14-5-3-13(21)4-6-14)17(29)25-8-7-19(30,20(22,23)24)18-26-9-10-28(18)2/h3-6,9-10,30H,7-8,11H2,1-2H3,(H,25,29). The molecule has 1 atom stereocenters. The predicted molar refractivity (Wildman–Crippen MR) is 113 cm³/mol. The maximum Gasteiger partial charge on any atom is 0.424 e. The fourth-order valence-corrected chi connectivity index (χ4v) is 4.00. The number of alkyl halides is 3. The maximum atomic E-state index is 13.6. The molecule has 0 fully saturated rings. The van der Waals surface area contributed by atoms with E-state index in [1.54, 1.807) is 31.2 Å². The van der Waals surface area contributed by atoms with E-state index in [9.17, 15) is 23.1 Å². The number of carbonyl (C=O) groups excluding carboxylic acids is 1. The van der Waals surface area contributed by atoms with Crippen LogP contribution in [0.2, 0.25) is 5.02 Å². The summed E-state index contributed by atoms with van der Waals surface area (Å²) in [6.07, 6.45) is -3.29. The summed E-state index contributed by atoms with van der Waals surface area (Å²) in [4.78, 5) is 20.7. The van der Waals surface area contributed by atoms with E-state index in [1.807, 2.05) is 0 Å². The monoisotopic (exact) mass is 488 g/mol. The second-order valence-corrected chi connectivity index (χ2v) is 8.51. The van der Waals surface area contributed by atoms with Crippen LogP contribution in [-0.4, -0.2) is 38.3 Å². The molecule has 0 aliphatic heterocycles. The van der Waals surface area contributed by atoms with Gasteiger partial charge in [0.25, 0.3) is 5.91 Å². The Balaban J connectivity index is 1.62. The Labute approximate surface area is 190 Å². The van der Waals surface area contributed by atoms with Crippen LogP contribution >= 0.6 is 22.9 Å². The number of nitrogens with one attached hydrogen (secondary N) is 1. The highest BCUT2D eigenvalue weighted by Gasteiger charge is 2.57. The summed E-state index contributed by atoms with van der Waals surface area (Å²) in [5.41, 5.74) is -2.77. The minimum absolute atomic E-state index is 0.118. The number of rotatable bonds is 8. The van der Waals surface area contributed by atoms with E-state index >= 15 is 0 Å². The van der Waals surface area contributed by atoms with E-state index in [-0.39, 0.29) is 11.5 Å². The van der Waals surface area contributed by atoms with Crippen molar-refractivity contribution in [2.24, 2.45) is 7.05 Å². The molecule has 2 N–H and O–H groups in total. The summed E-state index contributed by atoms with van der Waals surface area (Å²) in [7, 11) is 1.35. The number of halogens is 4. The van der Waals surface area contributed by atoms with Crippen molar-refractivity contribution in [2.45, 2.75) is 31.7 Å². The fraction of sp³-hybridized carbons (Fsp3) is 0.350. The van der Waals surface area contributed by atoms with Crippen molar-refractivity contribution in [1.29, 1.82) is 0 Å². The number of amides is 1. The van der Waals surface area contributed by atoms with Crippen LogP contribution in [0.3, 0.4) is 0 Å². The number of imidazole rings is 1. The number of ether oxygens (including phenoxy) is 1. The molecule has 2 aromatic heterocycles. The molecule has 0 aliphatic carbocycles. The summed E-state index contributed by atoms with van der Waals surface area (Å²) < 4.78 is 47.4. The Bertz CT molecular complexity index is 1080. The van der Waals surface area contributed by atoms with Crippen molar-refractivity contribution in [3.05, 3.63) is 63.1 Å². The van der Waals surface area contributed by atoms with Crippen LogP contribution in [0, 0.1) is 6.92 Å². The largest absolute Gasteiger partial charge is 0.486 e. The minimum Gasteiger partial charge on any atom is -0.486 e. The highest BCUT2D eigenvalue weighted by Crippen LogP contribution is 2.40. The lowest BCUT2D eigenvalue weighted by Gasteiger charge is -2.29. The van der Waals surface area contributed by atoms with Crippen LogP contribution < -0.4 is 10.1 Å². The number of hydrogen-bond donors (Lipinski definition) is 2. The number of thiazole rings is 1. The number of carbonyl (C=O) groups is 1. The molecule has 0 saturated carbocycles. The number of nitrogens with zero attached hydrogens (tertiary/aromatic N) is 3. The molecule has 32 heavy (non-hydrogen) atoms. The van der Waals surface area contributed by atoms with E-state index in [0.717, 1.165) is 15.9 Å². The van der Waals surface area contributed by atoms with Crippen LogP contribution in [0.15, 0.2) is 36.7 Å². The topological polar surface area (TPSA) is 89.3 Å². The van der Waals surface area contributed by atoms with Crippen LogP contribution in [0.25, 0.3) is 0 Å². The second-order valence-electron chi connectivity index (χ2n) is 6.99. The summed E-state index contributed by atoms with van der Waals surface area (Å²) in [5.74, 6) is -0.550. The molecule has 0 radical (unpaired) electrons. The Kier molecular flexibility index (Phi) is 7.11. The van der Waals surface area contributed by atoms with Gasteiger partial charge in [-0.2, -0.15) is 13.2 Å². The Morgan fingerprint density at radius 3 is 2.59 bits per heavy atom. The van der Waals surface area contributed by atoms with Gasteiger partial charge in [-0.1, -0.05) is 11.6 Å². The summed E-state index contributed by atoms with van der Waals surface area (Å²) in [6, 6.07) is 6.74. The molecular formula is C20H20ClF3N4O3S. The molecule has 3 rings (SSSR count). The highest BCUT2D eigenvalue weighted by atomic mass is 35.5. The molecule has 0 spiro atoms. The molecule has 1 amide bonds. The first-order valence-corrected chi connectivity index (χ1v) is 10.6. The Morgan fingerprint density at radius 2 is 2.00 bits per heavy atom. The van der Waals surface area contributed by atoms with E-state index in [0.29, 0.717) is 21.5 Å². The number of aliphatic hydroxyl groups is 1. The van der Waals surface area contributed by atoms with Crippen molar-refractivity contribution >= 4 is 28.8 Å². The van der Waals surface area contributed by atoms with Crippen molar-refractivity contribution in [3.63, 3.8) is 0 Å². The van der Waals surface area contributed by atoms with Gasteiger partial charge in [0, 0.05) is 37.4 Å². The van der Waals surface area contributed by atoms with E-state index < -0.39 is 36.5 Å². The van der Waals surface area contributed by atoms with Crippen LogP contribution in [0.4, 0.5) is 13.2 Å². The molecular weight excluding hydrogens is 469 g/mol. The summed E-state index contributed by atoms with van der Waals surface area (Å²) >= 11 is 6.90. The Hall–Kier alpha value is -2.63. The quantitative estimate of drug-likeness (QED) is 0.500. The summed E-state index contributed by atoms with van der Waals surface area (Å²) in [6.45, 7) is 1.32. The first kappa shape index (κ1) is 24.0. The molecule has 1 aromatic carbocycles. The Morgan fingerprint density at radius 1 is 1.31 bits per heavy atom. The molecule has 1 unspecified atom stereocenters. The van der Waals surface area contributed by atoms with E-state index in [1.165, 1.54) is 19.4 Å². The van der Waals surface area contributed by atoms with Crippen molar-refractivity contribution < 1.29 is 27.8 Å². The smallest absolute Gasteiger partial charge is 0.424 e. The normalized spacial score (nSPS) is 13.6. The molecule has 3 aromatic rings. The average Bonchev–Trinajstić information content (AvgIpc) is 3.32. The van der Waals surface area contributed by atoms with Crippen LogP contribution in [-0.2, 0) is 19.3 Å². The van der Waals surface area contributed by atoms with Gasteiger partial charge < -0.3 is 19.7 Å². The SMILES string of the molecule is Cc1nc(COc2ccc(Cl)cc2)sc1C(=O)NCCC(O)(c1nccn1C)C(F)(F)F. The number of aryl methyl sites for hydroxylation is 2. The molecule has 0 aliphatic rings. The van der Waals surface area contributed by atoms with E-state index in [2.05, 4.69) is 15.3 Å². The van der Waals surface area contributed by atoms with Gasteiger partial charge in [-0.3, -0.25) is 4.79 Å². The zero-order chi connectivity index (χ0) is 23.5. The highest BCUT2D eigenvalue weighted by molar-refractivity contribution is 7.13. The van der Waals surface area contributed by atoms with Gasteiger partial charge in [0.15, 0.2) is 0 Å². The third-order valence-electron chi connectivity index (χ3n) is 4.66. The molecule has 172 valence electrons. The molecule has 0 bridgehead atoms. The van der Waals surface area contributed by atoms with Gasteiger partial charge in [-0.05, 0) is 31.2 Å². The lowest BCUT2D eigenvalue weighted by Crippen LogP contribution is -2.46. The van der Waals surface area contributed by atoms with Gasteiger partial charge in [0.05, 0.1) is 5.69 Å². The third kappa shape index (κ3) is 5.22. The van der Waals surface area contributed by atoms with Gasteiger partial charge in [-0.15, -0.1) is 11.3 Å². The van der Waals surface area contributed by atoms with Crippen molar-refractivity contribution in [1.82, 2.24) is 19.9 Å². The van der Waals surface area contributed by atoms with Crippen LogP contribution in [0.5, 0.6) is 5.75 Å². The average molecular weight is 489 g/mol. The van der Waals surface area contributed by atoms with Crippen LogP contribution in [0.1, 0.15) is 32.6 Å². The zero-order valence-electron chi connectivity index (χ0n) is 17.1. The van der Waals surface area contributed by atoms with Gasteiger partial charge in [-0.25, -0.2) is 9.97 Å². The van der Waals surface area contributed by atoms with E-state index in [4.69, 9.17) is 16.3 Å². The molecule has 7 nitrogen and oxygen atoms in total. The number of aromatic nitrogens is 3. The maximum absolute atomic E-state index is 13.6. The lowest BCUT2D eigenvalue weighted by molar-refractivity contribution is -0.272. The molecule has 2 heterocycles. The minimum atomic E-state index is -4.97. The lowest BCUT2D eigenvalue weighted by atomic mass is 9.97. The molecule has 12 heteroatoms. The first-order valence-electron chi connectivity index (χ1n) is 9.41. The van der Waals surface area contributed by atoms with Crippen molar-refractivity contribution in [2.75, 3.05) is 6.54 Å².